The van der Waals surface area contributed by atoms with Gasteiger partial charge in [-0.05, 0) is 13.5 Å². The first-order chi connectivity index (χ1) is 8.72. The van der Waals surface area contributed by atoms with Gasteiger partial charge in [-0.3, -0.25) is 4.90 Å². The van der Waals surface area contributed by atoms with E-state index in [-0.39, 0.29) is 12.0 Å². The van der Waals surface area contributed by atoms with Gasteiger partial charge in [0, 0.05) is 30.4 Å². The first-order valence-electron chi connectivity index (χ1n) is 6.20. The Kier molecular flexibility index (Phi) is 4.61. The van der Waals surface area contributed by atoms with Crippen LogP contribution in [0.1, 0.15) is 43.4 Å². The average Bonchev–Trinajstić information content (AvgIpc) is 2.86. The van der Waals surface area contributed by atoms with Crippen LogP contribution in [0.5, 0.6) is 0 Å². The first-order valence-corrected chi connectivity index (χ1v) is 7.36. The van der Waals surface area contributed by atoms with E-state index < -0.39 is 0 Å². The fraction of sp³-hybridized carbons (Fsp3) is 0.750. The van der Waals surface area contributed by atoms with Crippen LogP contribution in [0.4, 0.5) is 0 Å². The Morgan fingerprint density at radius 1 is 1.67 bits per heavy atom. The molecule has 2 rings (SSSR count). The van der Waals surface area contributed by atoms with Gasteiger partial charge in [0.05, 0.1) is 12.1 Å². The van der Waals surface area contributed by atoms with E-state index in [1.807, 2.05) is 18.7 Å². The molecule has 0 N–H and O–H groups in total. The van der Waals surface area contributed by atoms with Crippen molar-refractivity contribution < 1.29 is 4.52 Å². The molecule has 18 heavy (non-hydrogen) atoms. The summed E-state index contributed by atoms with van der Waals surface area (Å²) >= 11 is 1.93. The molecule has 6 heteroatoms. The SMILES string of the molecule is CC(CCC#N)c1nc(C2CSCCN2C)no1. The molecule has 0 amide bonds. The summed E-state index contributed by atoms with van der Waals surface area (Å²) in [6.07, 6.45) is 1.30. The van der Waals surface area contributed by atoms with Crippen LogP contribution < -0.4 is 0 Å². The van der Waals surface area contributed by atoms with Gasteiger partial charge in [0.1, 0.15) is 0 Å². The molecule has 0 saturated carbocycles. The van der Waals surface area contributed by atoms with Gasteiger partial charge in [0.15, 0.2) is 5.82 Å². The standard InChI is InChI=1S/C12H18N4OS/c1-9(4-3-5-13)12-14-11(15-17-12)10-8-18-7-6-16(10)2/h9-10H,3-4,6-8H2,1-2H3. The summed E-state index contributed by atoms with van der Waals surface area (Å²) in [6, 6.07) is 2.40. The summed E-state index contributed by atoms with van der Waals surface area (Å²) in [4.78, 5) is 6.76. The van der Waals surface area contributed by atoms with Crippen molar-refractivity contribution in [2.45, 2.75) is 31.7 Å². The van der Waals surface area contributed by atoms with Crippen LogP contribution in [0.3, 0.4) is 0 Å². The molecule has 2 unspecified atom stereocenters. The van der Waals surface area contributed by atoms with E-state index in [9.17, 15) is 0 Å². The number of hydrogen-bond acceptors (Lipinski definition) is 6. The van der Waals surface area contributed by atoms with E-state index in [2.05, 4.69) is 28.2 Å². The molecule has 2 heterocycles. The maximum absolute atomic E-state index is 8.58. The van der Waals surface area contributed by atoms with Gasteiger partial charge in [0.25, 0.3) is 0 Å². The van der Waals surface area contributed by atoms with Gasteiger partial charge in [-0.2, -0.15) is 22.0 Å². The molecule has 0 radical (unpaired) electrons. The zero-order valence-electron chi connectivity index (χ0n) is 10.8. The Labute approximate surface area is 112 Å². The summed E-state index contributed by atoms with van der Waals surface area (Å²) in [5.41, 5.74) is 0. The van der Waals surface area contributed by atoms with E-state index in [4.69, 9.17) is 9.78 Å². The summed E-state index contributed by atoms with van der Waals surface area (Å²) in [5, 5.41) is 12.7. The lowest BCUT2D eigenvalue weighted by Crippen LogP contribution is -2.33. The third-order valence-corrected chi connectivity index (χ3v) is 4.29. The number of nitriles is 1. The molecular weight excluding hydrogens is 248 g/mol. The molecule has 0 bridgehead atoms. The van der Waals surface area contributed by atoms with Crippen LogP contribution in [0.25, 0.3) is 0 Å². The molecule has 2 atom stereocenters. The number of rotatable bonds is 4. The van der Waals surface area contributed by atoms with E-state index >= 15 is 0 Å². The van der Waals surface area contributed by atoms with Crippen molar-refractivity contribution in [1.29, 1.82) is 5.26 Å². The van der Waals surface area contributed by atoms with E-state index in [1.54, 1.807) is 0 Å². The zero-order valence-corrected chi connectivity index (χ0v) is 11.6. The minimum atomic E-state index is 0.160. The minimum absolute atomic E-state index is 0.160. The van der Waals surface area contributed by atoms with Crippen molar-refractivity contribution in [3.05, 3.63) is 11.7 Å². The number of hydrogen-bond donors (Lipinski definition) is 0. The summed E-state index contributed by atoms with van der Waals surface area (Å²) in [6.45, 7) is 3.08. The monoisotopic (exact) mass is 266 g/mol. The Morgan fingerprint density at radius 3 is 3.22 bits per heavy atom. The van der Waals surface area contributed by atoms with Crippen LogP contribution >= 0.6 is 11.8 Å². The highest BCUT2D eigenvalue weighted by molar-refractivity contribution is 7.99. The van der Waals surface area contributed by atoms with Crippen molar-refractivity contribution in [2.24, 2.45) is 0 Å². The Morgan fingerprint density at radius 2 is 2.50 bits per heavy atom. The van der Waals surface area contributed by atoms with Crippen LogP contribution in [0.2, 0.25) is 0 Å². The summed E-state index contributed by atoms with van der Waals surface area (Å²) in [5.74, 6) is 3.78. The number of nitrogens with zero attached hydrogens (tertiary/aromatic N) is 4. The Hall–Kier alpha value is -1.06. The third-order valence-electron chi connectivity index (χ3n) is 3.26. The fourth-order valence-corrected chi connectivity index (χ4v) is 3.16. The molecule has 1 fully saturated rings. The highest BCUT2D eigenvalue weighted by Gasteiger charge is 2.26. The molecule has 0 aromatic carbocycles. The fourth-order valence-electron chi connectivity index (χ4n) is 1.95. The van der Waals surface area contributed by atoms with Crippen molar-refractivity contribution >= 4 is 11.8 Å². The molecule has 98 valence electrons. The lowest BCUT2D eigenvalue weighted by Gasteiger charge is -2.29. The highest BCUT2D eigenvalue weighted by atomic mass is 32.2. The first kappa shape index (κ1) is 13.4. The minimum Gasteiger partial charge on any atom is -0.339 e. The van der Waals surface area contributed by atoms with Gasteiger partial charge in [0.2, 0.25) is 5.89 Å². The maximum atomic E-state index is 8.58. The van der Waals surface area contributed by atoms with Crippen molar-refractivity contribution in [2.75, 3.05) is 25.1 Å². The average molecular weight is 266 g/mol. The van der Waals surface area contributed by atoms with E-state index in [0.29, 0.717) is 12.3 Å². The highest BCUT2D eigenvalue weighted by Crippen LogP contribution is 2.27. The second-order valence-electron chi connectivity index (χ2n) is 4.66. The summed E-state index contributed by atoms with van der Waals surface area (Å²) < 4.78 is 5.32. The molecule has 1 aliphatic rings. The normalized spacial score (nSPS) is 22.6. The van der Waals surface area contributed by atoms with Crippen molar-refractivity contribution in [1.82, 2.24) is 15.0 Å². The maximum Gasteiger partial charge on any atom is 0.229 e. The Balaban J connectivity index is 2.03. The lowest BCUT2D eigenvalue weighted by atomic mass is 10.1. The third kappa shape index (κ3) is 3.03. The van der Waals surface area contributed by atoms with Crippen molar-refractivity contribution in [3.8, 4) is 6.07 Å². The number of aromatic nitrogens is 2. The van der Waals surface area contributed by atoms with Crippen LogP contribution in [-0.4, -0.2) is 40.1 Å². The topological polar surface area (TPSA) is 66.0 Å². The largest absolute Gasteiger partial charge is 0.339 e. The second-order valence-corrected chi connectivity index (χ2v) is 5.81. The molecule has 1 aromatic heterocycles. The van der Waals surface area contributed by atoms with E-state index in [0.717, 1.165) is 30.3 Å². The Bertz CT molecular complexity index is 428. The molecule has 5 nitrogen and oxygen atoms in total. The molecule has 0 aliphatic carbocycles. The van der Waals surface area contributed by atoms with Crippen LogP contribution in [0.15, 0.2) is 4.52 Å². The van der Waals surface area contributed by atoms with Gasteiger partial charge in [-0.1, -0.05) is 12.1 Å². The smallest absolute Gasteiger partial charge is 0.229 e. The van der Waals surface area contributed by atoms with Crippen LogP contribution in [-0.2, 0) is 0 Å². The molecule has 1 saturated heterocycles. The predicted octanol–water partition coefficient (Wildman–Crippen LogP) is 2.20. The lowest BCUT2D eigenvalue weighted by molar-refractivity contribution is 0.256. The molecule has 0 spiro atoms. The quantitative estimate of drug-likeness (QED) is 0.832. The summed E-state index contributed by atoms with van der Waals surface area (Å²) in [7, 11) is 2.10. The molecule has 1 aliphatic heterocycles. The van der Waals surface area contributed by atoms with Crippen LogP contribution in [0, 0.1) is 11.3 Å². The van der Waals surface area contributed by atoms with Gasteiger partial charge < -0.3 is 4.52 Å². The predicted molar refractivity (Wildman–Crippen MR) is 70.3 cm³/mol. The molecular formula is C12H18N4OS. The van der Waals surface area contributed by atoms with Gasteiger partial charge in [-0.15, -0.1) is 0 Å². The van der Waals surface area contributed by atoms with E-state index in [1.165, 1.54) is 0 Å². The second kappa shape index (κ2) is 6.21. The van der Waals surface area contributed by atoms with Gasteiger partial charge >= 0.3 is 0 Å². The van der Waals surface area contributed by atoms with Crippen molar-refractivity contribution in [3.63, 3.8) is 0 Å². The number of thioether (sulfide) groups is 1. The zero-order chi connectivity index (χ0) is 13.0. The van der Waals surface area contributed by atoms with Gasteiger partial charge in [-0.25, -0.2) is 0 Å². The molecule has 1 aromatic rings.